The molecule has 6 heteroatoms. The minimum atomic E-state index is -0.243. The van der Waals surface area contributed by atoms with Gasteiger partial charge in [-0.25, -0.2) is 4.98 Å². The van der Waals surface area contributed by atoms with Crippen LogP contribution in [-0.4, -0.2) is 40.4 Å². The molecule has 0 atom stereocenters. The number of para-hydroxylation sites is 1. The number of hydrogen-bond acceptors (Lipinski definition) is 4. The average molecular weight is 399 g/mol. The number of pyridine rings is 1. The van der Waals surface area contributed by atoms with Crippen molar-refractivity contribution in [2.75, 3.05) is 24.5 Å². The highest BCUT2D eigenvalue weighted by Gasteiger charge is 2.45. The number of fused-ring (bicyclic) bond motifs is 1. The van der Waals surface area contributed by atoms with E-state index in [-0.39, 0.29) is 5.41 Å². The summed E-state index contributed by atoms with van der Waals surface area (Å²) in [6.45, 7) is 3.16. The third kappa shape index (κ3) is 3.21. The Labute approximate surface area is 176 Å². The van der Waals surface area contributed by atoms with Gasteiger partial charge in [-0.3, -0.25) is 4.79 Å². The third-order valence-electron chi connectivity index (χ3n) is 6.78. The van der Waals surface area contributed by atoms with E-state index in [1.165, 1.54) is 10.9 Å². The third-order valence-corrected chi connectivity index (χ3v) is 6.78. The molecule has 0 radical (unpaired) electrons. The Balaban J connectivity index is 1.29. The molecule has 5 rings (SSSR count). The number of nitriles is 1. The Morgan fingerprint density at radius 3 is 2.70 bits per heavy atom. The predicted octanol–water partition coefficient (Wildman–Crippen LogP) is 3.84. The van der Waals surface area contributed by atoms with Gasteiger partial charge in [0.1, 0.15) is 11.9 Å². The van der Waals surface area contributed by atoms with E-state index in [2.05, 4.69) is 38.0 Å². The second kappa shape index (κ2) is 7.49. The molecule has 1 N–H and O–H groups in total. The molecule has 2 saturated heterocycles. The van der Waals surface area contributed by atoms with Crippen molar-refractivity contribution in [3.8, 4) is 6.07 Å². The van der Waals surface area contributed by atoms with Crippen LogP contribution in [0.3, 0.4) is 0 Å². The summed E-state index contributed by atoms with van der Waals surface area (Å²) >= 11 is 0. The number of benzene rings is 1. The van der Waals surface area contributed by atoms with Gasteiger partial charge in [0.2, 0.25) is 5.91 Å². The van der Waals surface area contributed by atoms with E-state index in [0.717, 1.165) is 56.7 Å². The number of piperidine rings is 2. The summed E-state index contributed by atoms with van der Waals surface area (Å²) in [6.07, 6.45) is 7.41. The van der Waals surface area contributed by atoms with Crippen LogP contribution in [0, 0.1) is 16.7 Å². The maximum absolute atomic E-state index is 13.5. The normalized spacial score (nSPS) is 18.7. The number of nitrogens with zero attached hydrogens (tertiary/aromatic N) is 4. The molecule has 2 fully saturated rings. The Morgan fingerprint density at radius 1 is 1.10 bits per heavy atom. The molecular formula is C24H25N5O. The number of aromatic nitrogens is 2. The molecule has 3 aromatic rings. The van der Waals surface area contributed by atoms with Gasteiger partial charge in [0, 0.05) is 49.5 Å². The molecule has 0 unspecified atom stereocenters. The van der Waals surface area contributed by atoms with E-state index in [1.54, 1.807) is 12.3 Å². The lowest BCUT2D eigenvalue weighted by Gasteiger charge is -2.46. The summed E-state index contributed by atoms with van der Waals surface area (Å²) in [5, 5.41) is 10.2. The number of anilines is 1. The summed E-state index contributed by atoms with van der Waals surface area (Å²) in [7, 11) is 0. The minimum Gasteiger partial charge on any atom is -0.361 e. The van der Waals surface area contributed by atoms with Crippen LogP contribution in [0.4, 0.5) is 5.82 Å². The molecule has 0 bridgehead atoms. The first-order valence-electron chi connectivity index (χ1n) is 10.6. The fraction of sp³-hybridized carbons (Fsp3) is 0.375. The van der Waals surface area contributed by atoms with E-state index < -0.39 is 0 Å². The highest BCUT2D eigenvalue weighted by molar-refractivity contribution is 5.86. The Morgan fingerprint density at radius 2 is 1.93 bits per heavy atom. The molecule has 2 aromatic heterocycles. The van der Waals surface area contributed by atoms with E-state index in [4.69, 9.17) is 5.26 Å². The van der Waals surface area contributed by atoms with Gasteiger partial charge < -0.3 is 14.8 Å². The van der Waals surface area contributed by atoms with Gasteiger partial charge in [-0.1, -0.05) is 18.2 Å². The zero-order valence-corrected chi connectivity index (χ0v) is 17.0. The van der Waals surface area contributed by atoms with E-state index >= 15 is 0 Å². The number of rotatable bonds is 3. The Kier molecular flexibility index (Phi) is 4.66. The molecule has 1 spiro atoms. The molecule has 2 aliphatic heterocycles. The van der Waals surface area contributed by atoms with Crippen LogP contribution in [0.5, 0.6) is 0 Å². The molecule has 6 nitrogen and oxygen atoms in total. The number of aromatic amines is 1. The number of nitrogens with one attached hydrogen (secondary N) is 1. The van der Waals surface area contributed by atoms with Crippen molar-refractivity contribution in [3.63, 3.8) is 0 Å². The molecule has 152 valence electrons. The van der Waals surface area contributed by atoms with Gasteiger partial charge in [0.25, 0.3) is 0 Å². The quantitative estimate of drug-likeness (QED) is 0.726. The average Bonchev–Trinajstić information content (AvgIpc) is 3.21. The summed E-state index contributed by atoms with van der Waals surface area (Å²) in [5.74, 6) is 1.20. The summed E-state index contributed by atoms with van der Waals surface area (Å²) in [4.78, 5) is 25.6. The van der Waals surface area contributed by atoms with Crippen molar-refractivity contribution in [2.45, 2.75) is 32.2 Å². The molecule has 4 heterocycles. The topological polar surface area (TPSA) is 76.0 Å². The molecule has 30 heavy (non-hydrogen) atoms. The molecular weight excluding hydrogens is 374 g/mol. The molecule has 1 aromatic carbocycles. The number of likely N-dealkylation sites (tertiary alicyclic amines) is 1. The van der Waals surface area contributed by atoms with Gasteiger partial charge in [0.05, 0.1) is 11.0 Å². The monoisotopic (exact) mass is 399 g/mol. The van der Waals surface area contributed by atoms with Crippen LogP contribution in [0.25, 0.3) is 10.9 Å². The second-order valence-electron chi connectivity index (χ2n) is 8.47. The number of carbonyl (C=O) groups is 1. The number of amides is 1. The van der Waals surface area contributed by atoms with E-state index in [1.807, 2.05) is 24.4 Å². The number of hydrogen-bond donors (Lipinski definition) is 1. The van der Waals surface area contributed by atoms with Crippen molar-refractivity contribution in [2.24, 2.45) is 5.41 Å². The highest BCUT2D eigenvalue weighted by atomic mass is 16.2. The predicted molar refractivity (Wildman–Crippen MR) is 116 cm³/mol. The first-order chi connectivity index (χ1) is 14.7. The molecule has 0 aliphatic carbocycles. The maximum atomic E-state index is 13.5. The zero-order valence-electron chi connectivity index (χ0n) is 17.0. The van der Waals surface area contributed by atoms with Crippen LogP contribution in [0.1, 0.15) is 36.8 Å². The highest BCUT2D eigenvalue weighted by Crippen LogP contribution is 2.42. The van der Waals surface area contributed by atoms with Crippen LogP contribution in [-0.2, 0) is 11.3 Å². The lowest BCUT2D eigenvalue weighted by molar-refractivity contribution is -0.148. The van der Waals surface area contributed by atoms with Gasteiger partial charge in [-0.15, -0.1) is 0 Å². The van der Waals surface area contributed by atoms with Crippen LogP contribution in [0.2, 0.25) is 0 Å². The van der Waals surface area contributed by atoms with Crippen molar-refractivity contribution in [3.05, 3.63) is 59.9 Å². The lowest BCUT2D eigenvalue weighted by atomic mass is 9.71. The minimum absolute atomic E-state index is 0.243. The Hall–Kier alpha value is -3.33. The largest absolute Gasteiger partial charge is 0.361 e. The SMILES string of the molecule is N#Cc1ccc(N2CCC3(CCCN(Cc4c[nH]c5ccccc45)C3=O)CC2)nc1. The van der Waals surface area contributed by atoms with Gasteiger partial charge in [0.15, 0.2) is 0 Å². The summed E-state index contributed by atoms with van der Waals surface area (Å²) in [6, 6.07) is 14.1. The first kappa shape index (κ1) is 18.7. The summed E-state index contributed by atoms with van der Waals surface area (Å²) in [5.41, 5.74) is 2.64. The zero-order chi connectivity index (χ0) is 20.6. The Bertz CT molecular complexity index is 1100. The van der Waals surface area contributed by atoms with Gasteiger partial charge in [-0.05, 0) is 49.4 Å². The van der Waals surface area contributed by atoms with Crippen LogP contribution in [0.15, 0.2) is 48.8 Å². The van der Waals surface area contributed by atoms with Crippen molar-refractivity contribution in [1.82, 2.24) is 14.9 Å². The van der Waals surface area contributed by atoms with E-state index in [9.17, 15) is 4.79 Å². The molecule has 2 aliphatic rings. The second-order valence-corrected chi connectivity index (χ2v) is 8.47. The lowest BCUT2D eigenvalue weighted by Crippen LogP contribution is -2.53. The van der Waals surface area contributed by atoms with Crippen LogP contribution >= 0.6 is 0 Å². The fourth-order valence-corrected chi connectivity index (χ4v) is 5.04. The smallest absolute Gasteiger partial charge is 0.229 e. The fourth-order valence-electron chi connectivity index (χ4n) is 5.04. The van der Waals surface area contributed by atoms with E-state index in [0.29, 0.717) is 18.0 Å². The molecule has 1 amide bonds. The van der Waals surface area contributed by atoms with Gasteiger partial charge >= 0.3 is 0 Å². The van der Waals surface area contributed by atoms with Gasteiger partial charge in [-0.2, -0.15) is 5.26 Å². The van der Waals surface area contributed by atoms with Crippen molar-refractivity contribution >= 4 is 22.6 Å². The van der Waals surface area contributed by atoms with Crippen LogP contribution < -0.4 is 4.90 Å². The first-order valence-corrected chi connectivity index (χ1v) is 10.6. The van der Waals surface area contributed by atoms with Crippen molar-refractivity contribution < 1.29 is 4.79 Å². The maximum Gasteiger partial charge on any atom is 0.229 e. The number of H-pyrrole nitrogens is 1. The standard InChI is InChI=1S/C24H25N5O/c25-14-18-6-7-22(27-15-18)28-12-9-24(10-13-28)8-3-11-29(23(24)30)17-19-16-26-21-5-2-1-4-20(19)21/h1-2,4-7,15-16,26H,3,8-13,17H2. The molecule has 0 saturated carbocycles. The number of carbonyl (C=O) groups excluding carboxylic acids is 1. The van der Waals surface area contributed by atoms with Crippen molar-refractivity contribution in [1.29, 1.82) is 5.26 Å². The summed E-state index contributed by atoms with van der Waals surface area (Å²) < 4.78 is 0.